The van der Waals surface area contributed by atoms with Gasteiger partial charge in [-0.15, -0.1) is 0 Å². The largest absolute Gasteiger partial charge is 0.493 e. The van der Waals surface area contributed by atoms with Gasteiger partial charge in [-0.1, -0.05) is 18.2 Å². The number of hydrogen-bond donors (Lipinski definition) is 0. The molecule has 0 spiro atoms. The van der Waals surface area contributed by atoms with Crippen molar-refractivity contribution in [2.24, 2.45) is 5.92 Å². The molecule has 3 rings (SSSR count). The molecule has 2 aromatic rings. The molecular weight excluding hydrogens is 396 g/mol. The number of carbonyl (C=O) groups excluding carboxylic acids is 2. The SMILES string of the molecule is COc1ccc(N(C)C(=O)C2CCN(C(=O)CCOc3ccccc3)CC2)cc1OC. The lowest BCUT2D eigenvalue weighted by atomic mass is 9.95. The van der Waals surface area contributed by atoms with Crippen LogP contribution in [0.2, 0.25) is 0 Å². The van der Waals surface area contributed by atoms with E-state index in [1.54, 1.807) is 38.3 Å². The number of amides is 2. The molecule has 166 valence electrons. The maximum Gasteiger partial charge on any atom is 0.229 e. The molecule has 0 unspecified atom stereocenters. The van der Waals surface area contributed by atoms with Gasteiger partial charge >= 0.3 is 0 Å². The van der Waals surface area contributed by atoms with Gasteiger partial charge < -0.3 is 24.0 Å². The molecule has 1 saturated heterocycles. The van der Waals surface area contributed by atoms with Crippen LogP contribution >= 0.6 is 0 Å². The van der Waals surface area contributed by atoms with E-state index in [4.69, 9.17) is 14.2 Å². The van der Waals surface area contributed by atoms with Crippen LogP contribution in [0.25, 0.3) is 0 Å². The summed E-state index contributed by atoms with van der Waals surface area (Å²) in [4.78, 5) is 28.9. The van der Waals surface area contributed by atoms with Gasteiger partial charge in [-0.25, -0.2) is 0 Å². The molecule has 0 aromatic heterocycles. The van der Waals surface area contributed by atoms with Crippen molar-refractivity contribution in [2.75, 3.05) is 45.9 Å². The van der Waals surface area contributed by atoms with Crippen molar-refractivity contribution in [1.29, 1.82) is 0 Å². The lowest BCUT2D eigenvalue weighted by molar-refractivity contribution is -0.135. The van der Waals surface area contributed by atoms with Gasteiger partial charge in [-0.3, -0.25) is 9.59 Å². The van der Waals surface area contributed by atoms with E-state index in [1.807, 2.05) is 41.3 Å². The molecule has 1 aliphatic rings. The van der Waals surface area contributed by atoms with Gasteiger partial charge in [0.25, 0.3) is 0 Å². The highest BCUT2D eigenvalue weighted by Crippen LogP contribution is 2.32. The standard InChI is InChI=1S/C24H30N2O5/c1-25(19-9-10-21(29-2)22(17-19)30-3)24(28)18-11-14-26(15-12-18)23(27)13-16-31-20-7-5-4-6-8-20/h4-10,17-18H,11-16H2,1-3H3. The summed E-state index contributed by atoms with van der Waals surface area (Å²) < 4.78 is 16.2. The Morgan fingerprint density at radius 1 is 1.00 bits per heavy atom. The summed E-state index contributed by atoms with van der Waals surface area (Å²) in [5, 5.41) is 0. The average molecular weight is 427 g/mol. The second-order valence-electron chi connectivity index (χ2n) is 7.50. The van der Waals surface area contributed by atoms with Gasteiger partial charge in [0.15, 0.2) is 11.5 Å². The second kappa shape index (κ2) is 10.7. The summed E-state index contributed by atoms with van der Waals surface area (Å²) in [6.07, 6.45) is 1.64. The maximum absolute atomic E-state index is 13.0. The smallest absolute Gasteiger partial charge is 0.229 e. The summed E-state index contributed by atoms with van der Waals surface area (Å²) in [5.41, 5.74) is 0.749. The van der Waals surface area contributed by atoms with Gasteiger partial charge in [0.05, 0.1) is 27.2 Å². The van der Waals surface area contributed by atoms with Crippen molar-refractivity contribution in [2.45, 2.75) is 19.3 Å². The summed E-state index contributed by atoms with van der Waals surface area (Å²) >= 11 is 0. The van der Waals surface area contributed by atoms with Crippen molar-refractivity contribution < 1.29 is 23.8 Å². The molecule has 31 heavy (non-hydrogen) atoms. The van der Waals surface area contributed by atoms with Crippen molar-refractivity contribution in [3.8, 4) is 17.2 Å². The highest BCUT2D eigenvalue weighted by molar-refractivity contribution is 5.95. The first-order valence-corrected chi connectivity index (χ1v) is 10.5. The van der Waals surface area contributed by atoms with Gasteiger partial charge in [0, 0.05) is 37.8 Å². The van der Waals surface area contributed by atoms with E-state index >= 15 is 0 Å². The molecule has 7 heteroatoms. The van der Waals surface area contributed by atoms with E-state index in [0.717, 1.165) is 11.4 Å². The minimum Gasteiger partial charge on any atom is -0.493 e. The number of hydrogen-bond acceptors (Lipinski definition) is 5. The number of para-hydroxylation sites is 1. The summed E-state index contributed by atoms with van der Waals surface area (Å²) in [7, 11) is 4.92. The number of methoxy groups -OCH3 is 2. The maximum atomic E-state index is 13.0. The van der Waals surface area contributed by atoms with E-state index in [9.17, 15) is 9.59 Å². The van der Waals surface area contributed by atoms with E-state index in [1.165, 1.54) is 0 Å². The molecule has 0 atom stereocenters. The van der Waals surface area contributed by atoms with Crippen molar-refractivity contribution >= 4 is 17.5 Å². The van der Waals surface area contributed by atoms with Crippen LogP contribution in [0, 0.1) is 5.92 Å². The highest BCUT2D eigenvalue weighted by Gasteiger charge is 2.29. The molecular formula is C24H30N2O5. The van der Waals surface area contributed by atoms with Crippen LogP contribution < -0.4 is 19.1 Å². The number of ether oxygens (including phenoxy) is 3. The van der Waals surface area contributed by atoms with Crippen LogP contribution in [0.15, 0.2) is 48.5 Å². The fraction of sp³-hybridized carbons (Fsp3) is 0.417. The molecule has 1 fully saturated rings. The Bertz CT molecular complexity index is 879. The van der Waals surface area contributed by atoms with Crippen molar-refractivity contribution in [3.63, 3.8) is 0 Å². The monoisotopic (exact) mass is 426 g/mol. The van der Waals surface area contributed by atoms with E-state index < -0.39 is 0 Å². The third kappa shape index (κ3) is 5.69. The van der Waals surface area contributed by atoms with E-state index in [0.29, 0.717) is 50.5 Å². The Labute approximate surface area is 183 Å². The van der Waals surface area contributed by atoms with Crippen LogP contribution in [-0.2, 0) is 9.59 Å². The summed E-state index contributed by atoms with van der Waals surface area (Å²) in [5.74, 6) is 1.97. The Kier molecular flexibility index (Phi) is 7.76. The number of carbonyl (C=O) groups is 2. The van der Waals surface area contributed by atoms with Crippen LogP contribution in [0.3, 0.4) is 0 Å². The minimum atomic E-state index is -0.109. The van der Waals surface area contributed by atoms with Gasteiger partial charge in [0.1, 0.15) is 5.75 Å². The van der Waals surface area contributed by atoms with Crippen molar-refractivity contribution in [3.05, 3.63) is 48.5 Å². The molecule has 2 aromatic carbocycles. The lowest BCUT2D eigenvalue weighted by Crippen LogP contribution is -2.43. The highest BCUT2D eigenvalue weighted by atomic mass is 16.5. The van der Waals surface area contributed by atoms with Crippen LogP contribution in [-0.4, -0.2) is 57.7 Å². The number of likely N-dealkylation sites (tertiary alicyclic amines) is 1. The van der Waals surface area contributed by atoms with E-state index in [2.05, 4.69) is 0 Å². The second-order valence-corrected chi connectivity index (χ2v) is 7.50. The Balaban J connectivity index is 1.48. The zero-order valence-corrected chi connectivity index (χ0v) is 18.4. The number of rotatable bonds is 8. The van der Waals surface area contributed by atoms with Gasteiger partial charge in [0.2, 0.25) is 11.8 Å². The Morgan fingerprint density at radius 3 is 2.32 bits per heavy atom. The molecule has 0 aliphatic carbocycles. The molecule has 0 bridgehead atoms. The predicted molar refractivity (Wildman–Crippen MR) is 119 cm³/mol. The molecule has 2 amide bonds. The number of benzene rings is 2. The lowest BCUT2D eigenvalue weighted by Gasteiger charge is -2.33. The molecule has 1 heterocycles. The first-order chi connectivity index (χ1) is 15.0. The average Bonchev–Trinajstić information content (AvgIpc) is 2.83. The van der Waals surface area contributed by atoms with Gasteiger partial charge in [-0.05, 0) is 37.1 Å². The molecule has 1 aliphatic heterocycles. The number of nitrogens with zero attached hydrogens (tertiary/aromatic N) is 2. The van der Waals surface area contributed by atoms with Crippen LogP contribution in [0.4, 0.5) is 5.69 Å². The molecule has 7 nitrogen and oxygen atoms in total. The fourth-order valence-corrected chi connectivity index (χ4v) is 3.74. The van der Waals surface area contributed by atoms with Crippen LogP contribution in [0.1, 0.15) is 19.3 Å². The Morgan fingerprint density at radius 2 is 1.68 bits per heavy atom. The van der Waals surface area contributed by atoms with Crippen molar-refractivity contribution in [1.82, 2.24) is 4.90 Å². The first-order valence-electron chi connectivity index (χ1n) is 10.5. The molecule has 0 radical (unpaired) electrons. The van der Waals surface area contributed by atoms with Gasteiger partial charge in [-0.2, -0.15) is 0 Å². The fourth-order valence-electron chi connectivity index (χ4n) is 3.74. The molecule has 0 N–H and O–H groups in total. The topological polar surface area (TPSA) is 68.3 Å². The minimum absolute atomic E-state index is 0.0479. The predicted octanol–water partition coefficient (Wildman–Crippen LogP) is 3.37. The quantitative estimate of drug-likeness (QED) is 0.647. The number of anilines is 1. The summed E-state index contributed by atoms with van der Waals surface area (Å²) in [6.45, 7) is 1.52. The summed E-state index contributed by atoms with van der Waals surface area (Å²) in [6, 6.07) is 14.9. The third-order valence-corrected chi connectivity index (χ3v) is 5.61. The third-order valence-electron chi connectivity index (χ3n) is 5.61. The number of piperidine rings is 1. The normalized spacial score (nSPS) is 14.1. The first kappa shape index (κ1) is 22.5. The zero-order valence-electron chi connectivity index (χ0n) is 18.4. The van der Waals surface area contributed by atoms with E-state index in [-0.39, 0.29) is 17.7 Å². The Hall–Kier alpha value is -3.22. The molecule has 0 saturated carbocycles. The van der Waals surface area contributed by atoms with Crippen LogP contribution in [0.5, 0.6) is 17.2 Å². The zero-order chi connectivity index (χ0) is 22.2.